The van der Waals surface area contributed by atoms with E-state index in [0.29, 0.717) is 0 Å². The van der Waals surface area contributed by atoms with E-state index in [-0.39, 0.29) is 0 Å². The average molecular weight is 806 g/mol. The molecule has 0 N–H and O–H groups in total. The normalized spacial score (nSPS) is 12.4. The number of thioether (sulfide) groups is 1. The number of unbranched alkanes of at least 4 members (excludes halogenated alkanes) is 25. The zero-order valence-corrected chi connectivity index (χ0v) is 40.0. The molecule has 0 nitrogen and oxygen atoms in total. The van der Waals surface area contributed by atoms with Gasteiger partial charge in [-0.15, -0.1) is 0 Å². The van der Waals surface area contributed by atoms with Crippen molar-refractivity contribution in [3.8, 4) is 0 Å². The average Bonchev–Trinajstić information content (AvgIpc) is 3.91. The highest BCUT2D eigenvalue weighted by Gasteiger charge is 2.13. The van der Waals surface area contributed by atoms with Crippen LogP contribution in [0.1, 0.15) is 234 Å². The fourth-order valence-corrected chi connectivity index (χ4v) is 5.87. The second kappa shape index (κ2) is 68.1. The summed E-state index contributed by atoms with van der Waals surface area (Å²) in [5.74, 6) is 6.71. The van der Waals surface area contributed by atoms with Gasteiger partial charge in [-0.05, 0) is 60.9 Å². The minimum atomic E-state index is 1.000. The minimum absolute atomic E-state index is 1.000. The first-order chi connectivity index (χ1) is 24.0. The summed E-state index contributed by atoms with van der Waals surface area (Å²) in [5.41, 5.74) is 0. The molecule has 1 aliphatic rings. The Kier molecular flexibility index (Phi) is 83.9. The van der Waals surface area contributed by atoms with E-state index in [1.54, 1.807) is 0 Å². The van der Waals surface area contributed by atoms with Crippen molar-refractivity contribution in [3.05, 3.63) is 0 Å². The van der Waals surface area contributed by atoms with Gasteiger partial charge in [0.25, 0.3) is 0 Å². The first kappa shape index (κ1) is 60.4. The van der Waals surface area contributed by atoms with Crippen molar-refractivity contribution in [1.29, 1.82) is 0 Å². The van der Waals surface area contributed by atoms with Gasteiger partial charge in [-0.1, -0.05) is 202 Å². The molecule has 0 aliphatic carbocycles. The molecule has 1 heterocycles. The van der Waals surface area contributed by atoms with E-state index < -0.39 is 0 Å². The number of hydrogen-bond donors (Lipinski definition) is 5. The van der Waals surface area contributed by atoms with Crippen molar-refractivity contribution in [2.75, 3.05) is 34.5 Å². The van der Waals surface area contributed by atoms with E-state index in [2.05, 4.69) is 105 Å². The molecule has 304 valence electrons. The minimum Gasteiger partial charge on any atom is -0.179 e. The predicted molar refractivity (Wildman–Crippen MR) is 258 cm³/mol. The smallest absolute Gasteiger partial charge is 0.0110 e. The third-order valence-corrected chi connectivity index (χ3v) is 10.6. The fourth-order valence-electron chi connectivity index (χ4n) is 4.56. The lowest BCUT2D eigenvalue weighted by Crippen LogP contribution is -1.78. The van der Waals surface area contributed by atoms with Gasteiger partial charge < -0.3 is 0 Å². The molecule has 49 heavy (non-hydrogen) atoms. The van der Waals surface area contributed by atoms with E-state index in [1.807, 2.05) is 11.8 Å². The van der Waals surface area contributed by atoms with Crippen molar-refractivity contribution >= 4 is 74.9 Å². The largest absolute Gasteiger partial charge is 0.179 e. The maximum atomic E-state index is 4.15. The highest BCUT2D eigenvalue weighted by molar-refractivity contribution is 8.06. The van der Waals surface area contributed by atoms with Crippen LogP contribution in [0, 0.1) is 0 Å². The second-order valence-electron chi connectivity index (χ2n) is 13.6. The maximum absolute atomic E-state index is 4.15. The summed E-state index contributed by atoms with van der Waals surface area (Å²) in [4.78, 5) is 0. The van der Waals surface area contributed by atoms with Crippen LogP contribution < -0.4 is 0 Å². The molecule has 0 amide bonds. The molecular formula is C43H96S6. The van der Waals surface area contributed by atoms with Crippen molar-refractivity contribution in [2.24, 2.45) is 0 Å². The summed E-state index contributed by atoms with van der Waals surface area (Å²) < 4.78 is 0. The molecule has 1 rings (SSSR count). The van der Waals surface area contributed by atoms with Gasteiger partial charge in [0.1, 0.15) is 0 Å². The molecule has 6 heteroatoms. The van der Waals surface area contributed by atoms with Crippen LogP contribution in [0.25, 0.3) is 0 Å². The highest BCUT2D eigenvalue weighted by Crippen LogP contribution is 2.28. The molecule has 1 saturated heterocycles. The summed E-state index contributed by atoms with van der Waals surface area (Å²) in [6, 6.07) is 0. The summed E-state index contributed by atoms with van der Waals surface area (Å²) in [6.45, 7) is 13.5. The monoisotopic (exact) mass is 805 g/mol. The Bertz CT molecular complexity index is 337. The van der Waals surface area contributed by atoms with Gasteiger partial charge in [-0.25, -0.2) is 0 Å². The van der Waals surface area contributed by atoms with E-state index >= 15 is 0 Å². The fraction of sp³-hybridized carbons (Fsp3) is 1.00. The van der Waals surface area contributed by atoms with Crippen LogP contribution in [-0.2, 0) is 0 Å². The lowest BCUT2D eigenvalue weighted by Gasteiger charge is -1.95. The Morgan fingerprint density at radius 2 is 0.429 bits per heavy atom. The third-order valence-electron chi connectivity index (χ3n) is 8.06. The second-order valence-corrected chi connectivity index (χ2v) is 17.3. The van der Waals surface area contributed by atoms with Crippen LogP contribution in [0.15, 0.2) is 0 Å². The molecule has 0 aromatic heterocycles. The lowest BCUT2D eigenvalue weighted by molar-refractivity contribution is 0.627. The molecule has 1 unspecified atom stereocenters. The van der Waals surface area contributed by atoms with Gasteiger partial charge in [0.2, 0.25) is 0 Å². The van der Waals surface area contributed by atoms with Gasteiger partial charge >= 0.3 is 0 Å². The highest BCUT2D eigenvalue weighted by atomic mass is 32.2. The van der Waals surface area contributed by atoms with Crippen LogP contribution >= 0.6 is 74.9 Å². The predicted octanol–water partition coefficient (Wildman–Crippen LogP) is 17.5. The zero-order chi connectivity index (χ0) is 37.7. The molecule has 1 aliphatic heterocycles. The molecule has 0 aromatic carbocycles. The molecule has 1 atom stereocenters. The van der Waals surface area contributed by atoms with Crippen LogP contribution in [0.3, 0.4) is 0 Å². The number of hydrogen-bond acceptors (Lipinski definition) is 6. The van der Waals surface area contributed by atoms with Gasteiger partial charge in [-0.3, -0.25) is 0 Å². The van der Waals surface area contributed by atoms with Crippen LogP contribution in [0.2, 0.25) is 0 Å². The molecule has 0 radical (unpaired) electrons. The Hall–Kier alpha value is 2.10. The first-order valence-electron chi connectivity index (χ1n) is 21.6. The molecule has 0 aromatic rings. The summed E-state index contributed by atoms with van der Waals surface area (Å²) in [5, 5.41) is 1.000. The Morgan fingerprint density at radius 1 is 0.306 bits per heavy atom. The maximum Gasteiger partial charge on any atom is 0.0110 e. The van der Waals surface area contributed by atoms with Gasteiger partial charge in [0.05, 0.1) is 0 Å². The number of rotatable bonds is 30. The summed E-state index contributed by atoms with van der Waals surface area (Å²) in [6.07, 6.45) is 41.3. The van der Waals surface area contributed by atoms with Gasteiger partial charge in [0.15, 0.2) is 0 Å². The van der Waals surface area contributed by atoms with E-state index in [9.17, 15) is 0 Å². The Labute approximate surface area is 346 Å². The zero-order valence-electron chi connectivity index (χ0n) is 34.7. The van der Waals surface area contributed by atoms with Crippen LogP contribution in [0.5, 0.6) is 0 Å². The Morgan fingerprint density at radius 3 is 0.531 bits per heavy atom. The summed E-state index contributed by atoms with van der Waals surface area (Å²) in [7, 11) is 0. The topological polar surface area (TPSA) is 0 Å². The van der Waals surface area contributed by atoms with E-state index in [4.69, 9.17) is 0 Å². The van der Waals surface area contributed by atoms with Gasteiger partial charge in [-0.2, -0.15) is 74.9 Å². The standard InChI is InChI=1S/5C8H18S.C3H6S/c5*1-2-3-4-5-6-7-8-9;1-3-2-4-3/h5*9H,2-8H2,1H3;3H,2H2,1H3. The molecular weight excluding hydrogens is 709 g/mol. The van der Waals surface area contributed by atoms with Crippen molar-refractivity contribution in [1.82, 2.24) is 0 Å². The van der Waals surface area contributed by atoms with E-state index in [0.717, 1.165) is 34.0 Å². The van der Waals surface area contributed by atoms with Crippen LogP contribution in [-0.4, -0.2) is 39.8 Å². The van der Waals surface area contributed by atoms with Crippen molar-refractivity contribution < 1.29 is 0 Å². The summed E-state index contributed by atoms with van der Waals surface area (Å²) >= 11 is 22.8. The first-order valence-corrected chi connectivity index (χ1v) is 25.8. The SMILES string of the molecule is CC1CS1.CCCCCCCCS.CCCCCCCCS.CCCCCCCCS.CCCCCCCCS.CCCCCCCCS. The van der Waals surface area contributed by atoms with Gasteiger partial charge in [0, 0.05) is 11.0 Å². The quantitative estimate of drug-likeness (QED) is 0.0274. The molecule has 0 bridgehead atoms. The van der Waals surface area contributed by atoms with Crippen molar-refractivity contribution in [2.45, 2.75) is 239 Å². The molecule has 1 fully saturated rings. The van der Waals surface area contributed by atoms with Crippen molar-refractivity contribution in [3.63, 3.8) is 0 Å². The lowest BCUT2D eigenvalue weighted by atomic mass is 10.1. The third kappa shape index (κ3) is 94.1. The van der Waals surface area contributed by atoms with Crippen LogP contribution in [0.4, 0.5) is 0 Å². The van der Waals surface area contributed by atoms with E-state index in [1.165, 1.54) is 198 Å². The molecule has 0 spiro atoms. The number of thiol groups is 5. The molecule has 0 saturated carbocycles. The Balaban J connectivity index is -0.000000160.